The minimum atomic E-state index is -0.111. The molecule has 0 saturated carbocycles. The van der Waals surface area contributed by atoms with Crippen LogP contribution in [0.3, 0.4) is 0 Å². The Morgan fingerprint density at radius 2 is 1.75 bits per heavy atom. The first-order chi connectivity index (χ1) is 1.41. The van der Waals surface area contributed by atoms with Gasteiger partial charge in [-0.25, -0.2) is 0 Å². The van der Waals surface area contributed by atoms with Crippen LogP contribution in [0.5, 0.6) is 0 Å². The van der Waals surface area contributed by atoms with E-state index in [1.807, 2.05) is 5.05 Å². The van der Waals surface area contributed by atoms with Gasteiger partial charge in [-0.15, -0.1) is 17.5 Å². The average Bonchev–Trinajstić information content (AvgIpc) is 0.918. The van der Waals surface area contributed by atoms with Gasteiger partial charge in [-0.05, 0) is 0 Å². The molecule has 0 fully saturated rings. The maximum atomic E-state index is 5.14. The topological polar surface area (TPSA) is 0 Å². The summed E-state index contributed by atoms with van der Waals surface area (Å²) in [5.74, 6) is 0. The third-order valence-corrected chi connectivity index (χ3v) is 0. The SMILES string of the molecule is Cl.[CH3][Mg][Cl]. The fourth-order valence-electron chi connectivity index (χ4n) is 0. The second-order valence-electron chi connectivity index (χ2n) is 0.267. The minimum absolute atomic E-state index is 0. The first-order valence-electron chi connectivity index (χ1n) is 0.974. The van der Waals surface area contributed by atoms with E-state index in [0.717, 1.165) is 0 Å². The second kappa shape index (κ2) is 8.84. The molecule has 0 N–H and O–H groups in total. The van der Waals surface area contributed by atoms with Crippen LogP contribution in [0.15, 0.2) is 0 Å². The summed E-state index contributed by atoms with van der Waals surface area (Å²) in [7, 11) is 5.14. The Morgan fingerprint density at radius 3 is 1.75 bits per heavy atom. The van der Waals surface area contributed by atoms with Gasteiger partial charge in [0.15, 0.2) is 0 Å². The largest absolute Gasteiger partial charge is 0.497 e. The number of hydrogen-bond acceptors (Lipinski definition) is 0. The molecule has 24 valence electrons. The Kier molecular flexibility index (Phi) is 19.9. The molecular weight excluding hydrogens is 107 g/mol. The van der Waals surface area contributed by atoms with Gasteiger partial charge < -0.3 is 9.07 Å². The van der Waals surface area contributed by atoms with Gasteiger partial charge in [0.2, 0.25) is 0 Å². The van der Waals surface area contributed by atoms with Gasteiger partial charge in [0, 0.05) is 0 Å². The van der Waals surface area contributed by atoms with Crippen LogP contribution in [-0.4, -0.2) is 19.3 Å². The van der Waals surface area contributed by atoms with Crippen LogP contribution in [0.25, 0.3) is 0 Å². The van der Waals surface area contributed by atoms with Crippen LogP contribution in [0.2, 0.25) is 5.05 Å². The van der Waals surface area contributed by atoms with E-state index in [-0.39, 0.29) is 31.7 Å². The van der Waals surface area contributed by atoms with Gasteiger partial charge in [-0.3, -0.25) is 0 Å². The van der Waals surface area contributed by atoms with Gasteiger partial charge in [0.05, 0.1) is 0 Å². The maximum absolute atomic E-state index is 5.14. The molecule has 0 aromatic rings. The quantitative estimate of drug-likeness (QED) is 0.413. The molecule has 0 aromatic carbocycles. The van der Waals surface area contributed by atoms with E-state index in [2.05, 4.69) is 0 Å². The molecule has 0 bridgehead atoms. The van der Waals surface area contributed by atoms with E-state index in [1.165, 1.54) is 0 Å². The van der Waals surface area contributed by atoms with Crippen LogP contribution in [-0.2, 0) is 0 Å². The maximum Gasteiger partial charge on any atom is 0.497 e. The van der Waals surface area contributed by atoms with E-state index >= 15 is 0 Å². The van der Waals surface area contributed by atoms with Crippen molar-refractivity contribution in [3.05, 3.63) is 0 Å². The Balaban J connectivity index is 0. The Morgan fingerprint density at radius 1 is 1.75 bits per heavy atom. The van der Waals surface area contributed by atoms with Crippen LogP contribution >= 0.6 is 21.5 Å². The molecule has 0 aliphatic carbocycles. The summed E-state index contributed by atoms with van der Waals surface area (Å²) < 4.78 is 0. The van der Waals surface area contributed by atoms with Crippen molar-refractivity contribution in [2.24, 2.45) is 0 Å². The Bertz CT molecular complexity index is 6.00. The highest BCUT2D eigenvalue weighted by Gasteiger charge is 1.59. The van der Waals surface area contributed by atoms with E-state index in [1.54, 1.807) is 0 Å². The predicted octanol–water partition coefficient (Wildman–Crippen LogP) is 1.31. The zero-order valence-corrected chi connectivity index (χ0v) is 5.48. The normalized spacial score (nSPS) is 2.50. The first kappa shape index (κ1) is 9.02. The van der Waals surface area contributed by atoms with Crippen molar-refractivity contribution < 1.29 is 0 Å². The second-order valence-corrected chi connectivity index (χ2v) is 2.41. The summed E-state index contributed by atoms with van der Waals surface area (Å²) >= 11 is -0.111. The lowest BCUT2D eigenvalue weighted by atomic mass is 11.9. The monoisotopic (exact) mass is 110 g/mol. The molecule has 0 amide bonds. The summed E-state index contributed by atoms with van der Waals surface area (Å²) in [4.78, 5) is 0. The molecule has 0 atom stereocenters. The Hall–Kier alpha value is 1.35. The molecule has 0 spiro atoms. The van der Waals surface area contributed by atoms with Crippen LogP contribution < -0.4 is 0 Å². The van der Waals surface area contributed by atoms with Gasteiger partial charge >= 0.3 is 19.3 Å². The zero-order valence-electron chi connectivity index (χ0n) is 2.49. The fraction of sp³-hybridized carbons (Fsp3) is 1.00. The molecule has 0 rings (SSSR count). The van der Waals surface area contributed by atoms with Crippen molar-refractivity contribution in [1.82, 2.24) is 0 Å². The first-order valence-corrected chi connectivity index (χ1v) is 4.53. The van der Waals surface area contributed by atoms with Gasteiger partial charge in [0.1, 0.15) is 0 Å². The van der Waals surface area contributed by atoms with Crippen LogP contribution in [0.1, 0.15) is 0 Å². The third-order valence-electron chi connectivity index (χ3n) is 0. The summed E-state index contributed by atoms with van der Waals surface area (Å²) in [6.07, 6.45) is 0. The highest BCUT2D eigenvalue weighted by molar-refractivity contribution is 6.92. The predicted molar refractivity (Wildman–Crippen MR) is 24.7 cm³/mol. The lowest BCUT2D eigenvalue weighted by molar-refractivity contribution is 2.37. The molecule has 0 heterocycles. The van der Waals surface area contributed by atoms with Crippen molar-refractivity contribution in [1.29, 1.82) is 0 Å². The molecule has 0 saturated heterocycles. The number of rotatable bonds is 0. The van der Waals surface area contributed by atoms with E-state index < -0.39 is 0 Å². The zero-order chi connectivity index (χ0) is 2.71. The highest BCUT2D eigenvalue weighted by Crippen LogP contribution is 1.54. The average molecular weight is 111 g/mol. The van der Waals surface area contributed by atoms with Crippen molar-refractivity contribution in [3.63, 3.8) is 0 Å². The third kappa shape index (κ3) is 10.2. The van der Waals surface area contributed by atoms with Gasteiger partial charge in [-0.1, -0.05) is 0 Å². The molecule has 4 heavy (non-hydrogen) atoms. The molecule has 0 radical (unpaired) electrons. The summed E-state index contributed by atoms with van der Waals surface area (Å²) in [6, 6.07) is 0. The van der Waals surface area contributed by atoms with Crippen molar-refractivity contribution in [2.45, 2.75) is 5.05 Å². The summed E-state index contributed by atoms with van der Waals surface area (Å²) in [5.41, 5.74) is 0. The van der Waals surface area contributed by atoms with Crippen LogP contribution in [0.4, 0.5) is 0 Å². The molecule has 3 heteroatoms. The van der Waals surface area contributed by atoms with E-state index in [9.17, 15) is 0 Å². The molecule has 0 nitrogen and oxygen atoms in total. The molecule has 0 aliphatic rings. The summed E-state index contributed by atoms with van der Waals surface area (Å²) in [6.45, 7) is 0. The number of halogens is 2. The standard InChI is InChI=1S/CH3.2ClH.Mg/h1H3;2*1H;/q;;;+1/p-1. The highest BCUT2D eigenvalue weighted by atomic mass is 35.5. The van der Waals surface area contributed by atoms with E-state index in [4.69, 9.17) is 9.07 Å². The smallest absolute Gasteiger partial charge is 0.346 e. The van der Waals surface area contributed by atoms with E-state index in [0.29, 0.717) is 0 Å². The van der Waals surface area contributed by atoms with Crippen molar-refractivity contribution >= 4 is 40.7 Å². The van der Waals surface area contributed by atoms with Crippen molar-refractivity contribution in [2.75, 3.05) is 0 Å². The lowest BCUT2D eigenvalue weighted by Crippen LogP contribution is -1.45. The fourth-order valence-corrected chi connectivity index (χ4v) is 0. The minimum Gasteiger partial charge on any atom is -0.346 e. The lowest BCUT2D eigenvalue weighted by Gasteiger charge is -1.34. The summed E-state index contributed by atoms with van der Waals surface area (Å²) in [5, 5.41) is 2.03. The Labute approximate surface area is 45.8 Å². The van der Waals surface area contributed by atoms with Crippen molar-refractivity contribution in [3.8, 4) is 0 Å². The molecule has 0 unspecified atom stereocenters. The molecular formula is CH4Cl2Mg. The number of hydrogen-bond donors (Lipinski definition) is 0. The molecule has 0 aromatic heterocycles. The van der Waals surface area contributed by atoms with Gasteiger partial charge in [0.25, 0.3) is 0 Å². The van der Waals surface area contributed by atoms with Gasteiger partial charge in [-0.2, -0.15) is 0 Å². The molecule has 0 aliphatic heterocycles. The van der Waals surface area contributed by atoms with Crippen LogP contribution in [0, 0.1) is 0 Å².